The summed E-state index contributed by atoms with van der Waals surface area (Å²) in [5.41, 5.74) is 0. The van der Waals surface area contributed by atoms with E-state index in [2.05, 4.69) is 0 Å². The van der Waals surface area contributed by atoms with Crippen LogP contribution in [-0.2, 0) is 9.36 Å². The third-order valence-corrected chi connectivity index (χ3v) is 3.04. The van der Waals surface area contributed by atoms with Crippen LogP contribution in [0.3, 0.4) is 0 Å². The van der Waals surface area contributed by atoms with Crippen LogP contribution in [0.1, 0.15) is 6.92 Å². The van der Waals surface area contributed by atoms with Crippen LogP contribution in [0.25, 0.3) is 0 Å². The quantitative estimate of drug-likeness (QED) is 0.350. The molecule has 4 N–H and O–H groups in total. The molecule has 0 radical (unpaired) electrons. The number of amides is 2. The van der Waals surface area contributed by atoms with Crippen LogP contribution >= 0.6 is 7.75 Å². The Morgan fingerprint density at radius 1 is 1.57 bits per heavy atom. The smallest absolute Gasteiger partial charge is 0.432 e. The molecule has 1 fully saturated rings. The second-order valence-electron chi connectivity index (χ2n) is 2.86. The molecule has 0 aromatic rings. The Morgan fingerprint density at radius 2 is 2.07 bits per heavy atom. The molecule has 1 heterocycles. The SMILES string of the molecule is C[C@H]1[C@H](NC(=O)O)C(=O)N1P(=O)(O)O. The van der Waals surface area contributed by atoms with Crippen LogP contribution in [0.15, 0.2) is 0 Å². The summed E-state index contributed by atoms with van der Waals surface area (Å²) in [5.74, 6) is -0.909. The van der Waals surface area contributed by atoms with Gasteiger partial charge in [-0.05, 0) is 6.92 Å². The minimum absolute atomic E-state index is 0.355. The highest BCUT2D eigenvalue weighted by Gasteiger charge is 2.53. The van der Waals surface area contributed by atoms with E-state index in [4.69, 9.17) is 14.9 Å². The Balaban J connectivity index is 2.71. The van der Waals surface area contributed by atoms with E-state index in [-0.39, 0.29) is 0 Å². The molecule has 0 aromatic heterocycles. The molecule has 0 spiro atoms. The van der Waals surface area contributed by atoms with Gasteiger partial charge in [0.15, 0.2) is 0 Å². The third-order valence-electron chi connectivity index (χ3n) is 1.92. The molecule has 2 amide bonds. The normalized spacial score (nSPS) is 27.1. The standard InChI is InChI=1S/C5H9N2O6P/c1-2-3(6-5(9)10)4(8)7(2)14(11,12)13/h2-3,6H,1H3,(H,9,10)(H2,11,12,13)/t2-,3-/m0/s1. The van der Waals surface area contributed by atoms with Gasteiger partial charge in [-0.25, -0.2) is 14.0 Å². The van der Waals surface area contributed by atoms with Crippen LogP contribution in [0.5, 0.6) is 0 Å². The fourth-order valence-electron chi connectivity index (χ4n) is 1.29. The number of hydrogen-bond acceptors (Lipinski definition) is 3. The largest absolute Gasteiger partial charge is 0.465 e. The Kier molecular flexibility index (Phi) is 2.53. The molecule has 80 valence electrons. The van der Waals surface area contributed by atoms with E-state index < -0.39 is 31.8 Å². The van der Waals surface area contributed by atoms with Crippen LogP contribution in [0.2, 0.25) is 0 Å². The fraction of sp³-hybridized carbons (Fsp3) is 0.600. The molecule has 1 rings (SSSR count). The van der Waals surface area contributed by atoms with Crippen LogP contribution in [0, 0.1) is 0 Å². The molecular weight excluding hydrogens is 215 g/mol. The zero-order valence-electron chi connectivity index (χ0n) is 7.12. The molecule has 8 nitrogen and oxygen atoms in total. The highest BCUT2D eigenvalue weighted by Crippen LogP contribution is 2.47. The van der Waals surface area contributed by atoms with Gasteiger partial charge in [0.1, 0.15) is 6.04 Å². The maximum atomic E-state index is 11.1. The van der Waals surface area contributed by atoms with E-state index in [1.54, 1.807) is 0 Å². The molecule has 0 bridgehead atoms. The Hall–Kier alpha value is -1.11. The number of rotatable bonds is 2. The van der Waals surface area contributed by atoms with E-state index in [0.29, 0.717) is 4.67 Å². The van der Waals surface area contributed by atoms with Crippen molar-refractivity contribution in [2.75, 3.05) is 0 Å². The molecule has 14 heavy (non-hydrogen) atoms. The highest BCUT2D eigenvalue weighted by molar-refractivity contribution is 7.50. The molecular formula is C5H9N2O6P. The summed E-state index contributed by atoms with van der Waals surface area (Å²) >= 11 is 0. The van der Waals surface area contributed by atoms with Gasteiger partial charge in [-0.15, -0.1) is 0 Å². The number of hydrogen-bond donors (Lipinski definition) is 4. The third kappa shape index (κ3) is 1.72. The molecule has 9 heteroatoms. The maximum Gasteiger partial charge on any atom is 0.432 e. The van der Waals surface area contributed by atoms with Crippen LogP contribution < -0.4 is 5.32 Å². The van der Waals surface area contributed by atoms with E-state index in [1.165, 1.54) is 6.92 Å². The van der Waals surface area contributed by atoms with Crippen molar-refractivity contribution in [3.63, 3.8) is 0 Å². The lowest BCUT2D eigenvalue weighted by atomic mass is 10.0. The number of nitrogens with zero attached hydrogens (tertiary/aromatic N) is 1. The van der Waals surface area contributed by atoms with Gasteiger partial charge < -0.3 is 20.2 Å². The van der Waals surface area contributed by atoms with E-state index in [0.717, 1.165) is 0 Å². The first-order valence-electron chi connectivity index (χ1n) is 3.63. The zero-order valence-corrected chi connectivity index (χ0v) is 8.01. The van der Waals surface area contributed by atoms with Gasteiger partial charge in [-0.2, -0.15) is 0 Å². The average Bonchev–Trinajstić information content (AvgIpc) is 1.98. The predicted octanol–water partition coefficient (Wildman–Crippen LogP) is -1.05. The van der Waals surface area contributed by atoms with Gasteiger partial charge in [-0.3, -0.25) is 4.79 Å². The van der Waals surface area contributed by atoms with E-state index >= 15 is 0 Å². The first-order chi connectivity index (χ1) is 6.25. The Labute approximate surface area is 78.7 Å². The number of carboxylic acid groups (broad SMARTS) is 1. The summed E-state index contributed by atoms with van der Waals surface area (Å²) in [6.45, 7) is 1.35. The summed E-state index contributed by atoms with van der Waals surface area (Å²) in [4.78, 5) is 38.6. The van der Waals surface area contributed by atoms with E-state index in [9.17, 15) is 14.2 Å². The monoisotopic (exact) mass is 224 g/mol. The predicted molar refractivity (Wildman–Crippen MR) is 43.3 cm³/mol. The van der Waals surface area contributed by atoms with Gasteiger partial charge in [0, 0.05) is 0 Å². The molecule has 1 aliphatic rings. The summed E-state index contributed by atoms with van der Waals surface area (Å²) < 4.78 is 11.0. The van der Waals surface area contributed by atoms with Crippen LogP contribution in [0.4, 0.5) is 4.79 Å². The number of β-lactam (4-membered cyclic amide) rings is 1. The van der Waals surface area contributed by atoms with Gasteiger partial charge in [-0.1, -0.05) is 0 Å². The average molecular weight is 224 g/mol. The number of carbonyl (C=O) groups is 2. The molecule has 0 saturated carbocycles. The summed E-state index contributed by atoms with van der Waals surface area (Å²) in [7, 11) is -4.61. The lowest BCUT2D eigenvalue weighted by molar-refractivity contribution is -0.142. The van der Waals surface area contributed by atoms with E-state index in [1.807, 2.05) is 5.32 Å². The minimum atomic E-state index is -4.61. The first kappa shape index (κ1) is 11.0. The van der Waals surface area contributed by atoms with Crippen molar-refractivity contribution in [3.8, 4) is 0 Å². The zero-order chi connectivity index (χ0) is 11.1. The molecule has 1 saturated heterocycles. The Bertz CT molecular complexity index is 324. The molecule has 1 aliphatic heterocycles. The van der Waals surface area contributed by atoms with Crippen molar-refractivity contribution in [3.05, 3.63) is 0 Å². The summed E-state index contributed by atoms with van der Waals surface area (Å²) in [5, 5.41) is 10.2. The highest BCUT2D eigenvalue weighted by atomic mass is 31.2. The van der Waals surface area contributed by atoms with Gasteiger partial charge in [0.05, 0.1) is 6.04 Å². The van der Waals surface area contributed by atoms with Crippen molar-refractivity contribution >= 4 is 19.7 Å². The minimum Gasteiger partial charge on any atom is -0.465 e. The van der Waals surface area contributed by atoms with Crippen molar-refractivity contribution in [2.45, 2.75) is 19.0 Å². The van der Waals surface area contributed by atoms with Gasteiger partial charge >= 0.3 is 13.8 Å². The number of nitrogens with one attached hydrogen (secondary N) is 1. The Morgan fingerprint density at radius 3 is 2.36 bits per heavy atom. The number of carbonyl (C=O) groups excluding carboxylic acids is 1. The second-order valence-corrected chi connectivity index (χ2v) is 4.32. The van der Waals surface area contributed by atoms with Gasteiger partial charge in [0.25, 0.3) is 5.91 Å². The van der Waals surface area contributed by atoms with Crippen molar-refractivity contribution in [1.82, 2.24) is 9.99 Å². The molecule has 2 atom stereocenters. The lowest BCUT2D eigenvalue weighted by Gasteiger charge is -2.44. The fourth-order valence-corrected chi connectivity index (χ4v) is 2.28. The van der Waals surface area contributed by atoms with Crippen molar-refractivity contribution in [2.24, 2.45) is 0 Å². The molecule has 0 aliphatic carbocycles. The first-order valence-corrected chi connectivity index (χ1v) is 5.20. The molecule has 0 aromatic carbocycles. The van der Waals surface area contributed by atoms with Crippen LogP contribution in [-0.4, -0.2) is 43.6 Å². The van der Waals surface area contributed by atoms with Crippen molar-refractivity contribution < 1.29 is 29.0 Å². The maximum absolute atomic E-state index is 11.1. The summed E-state index contributed by atoms with van der Waals surface area (Å²) in [6, 6.07) is -1.90. The molecule has 0 unspecified atom stereocenters. The lowest BCUT2D eigenvalue weighted by Crippen LogP contribution is -2.67. The van der Waals surface area contributed by atoms with Gasteiger partial charge in [0.2, 0.25) is 0 Å². The second kappa shape index (κ2) is 3.23. The topological polar surface area (TPSA) is 127 Å². The van der Waals surface area contributed by atoms with Crippen molar-refractivity contribution in [1.29, 1.82) is 0 Å². The summed E-state index contributed by atoms with van der Waals surface area (Å²) in [6.07, 6.45) is -1.40.